The van der Waals surface area contributed by atoms with Crippen molar-refractivity contribution in [1.29, 1.82) is 0 Å². The van der Waals surface area contributed by atoms with Crippen LogP contribution in [0.4, 0.5) is 0 Å². The predicted molar refractivity (Wildman–Crippen MR) is 92.2 cm³/mol. The quantitative estimate of drug-likeness (QED) is 0.696. The van der Waals surface area contributed by atoms with Crippen LogP contribution < -0.4 is 5.32 Å². The first-order valence-electron chi connectivity index (χ1n) is 9.66. The van der Waals surface area contributed by atoms with Crippen molar-refractivity contribution in [2.45, 2.75) is 62.8 Å². The maximum absolute atomic E-state index is 12.9. The van der Waals surface area contributed by atoms with Crippen LogP contribution in [0.2, 0.25) is 0 Å². The smallest absolute Gasteiger partial charge is 0.242 e. The van der Waals surface area contributed by atoms with Gasteiger partial charge in [0.25, 0.3) is 0 Å². The summed E-state index contributed by atoms with van der Waals surface area (Å²) < 4.78 is 7.23. The van der Waals surface area contributed by atoms with Crippen molar-refractivity contribution in [2.75, 3.05) is 19.7 Å². The molecule has 1 spiro atoms. The number of nitrogens with zero attached hydrogens (tertiary/aromatic N) is 5. The number of hydrogen-bond donors (Lipinski definition) is 2. The minimum absolute atomic E-state index is 0.0109. The Hall–Kier alpha value is -2.07. The van der Waals surface area contributed by atoms with Crippen LogP contribution in [0, 0.1) is 5.92 Å². The minimum Gasteiger partial charge on any atom is -0.391 e. The molecule has 4 rings (SSSR count). The van der Waals surface area contributed by atoms with E-state index in [2.05, 4.69) is 20.8 Å². The molecule has 0 aromatic carbocycles. The van der Waals surface area contributed by atoms with E-state index in [0.717, 1.165) is 32.3 Å². The van der Waals surface area contributed by atoms with Crippen LogP contribution in [-0.2, 0) is 20.9 Å². The molecule has 2 aliphatic heterocycles. The van der Waals surface area contributed by atoms with Gasteiger partial charge < -0.3 is 20.1 Å². The Bertz CT molecular complexity index is 665. The topological polar surface area (TPSA) is 122 Å². The van der Waals surface area contributed by atoms with E-state index in [1.807, 2.05) is 4.90 Å². The van der Waals surface area contributed by atoms with Gasteiger partial charge in [-0.2, -0.15) is 0 Å². The molecular formula is C17H26N6O4. The summed E-state index contributed by atoms with van der Waals surface area (Å²) in [6.07, 6.45) is 5.45. The number of hydrogen-bond acceptors (Lipinski definition) is 7. The highest BCUT2D eigenvalue weighted by Crippen LogP contribution is 2.37. The molecule has 10 heteroatoms. The van der Waals surface area contributed by atoms with Crippen molar-refractivity contribution in [3.05, 3.63) is 6.33 Å². The van der Waals surface area contributed by atoms with Gasteiger partial charge in [-0.1, -0.05) is 0 Å². The second-order valence-electron chi connectivity index (χ2n) is 7.88. The zero-order valence-corrected chi connectivity index (χ0v) is 15.3. The first kappa shape index (κ1) is 18.3. The molecule has 1 aliphatic carbocycles. The number of aromatic nitrogens is 4. The van der Waals surface area contributed by atoms with Crippen LogP contribution in [0.15, 0.2) is 6.33 Å². The van der Waals surface area contributed by atoms with E-state index in [1.165, 1.54) is 11.0 Å². The molecular weight excluding hydrogens is 352 g/mol. The number of nitrogens with one attached hydrogen (secondary N) is 1. The molecule has 2 saturated heterocycles. The van der Waals surface area contributed by atoms with Crippen molar-refractivity contribution < 1.29 is 19.4 Å². The Morgan fingerprint density at radius 1 is 1.26 bits per heavy atom. The van der Waals surface area contributed by atoms with Crippen LogP contribution in [0.5, 0.6) is 0 Å². The Kier molecular flexibility index (Phi) is 5.09. The number of likely N-dealkylation sites (tertiary alicyclic amines) is 1. The lowest BCUT2D eigenvalue weighted by molar-refractivity contribution is -0.140. The van der Waals surface area contributed by atoms with Crippen molar-refractivity contribution >= 4 is 11.8 Å². The van der Waals surface area contributed by atoms with Crippen molar-refractivity contribution in [3.63, 3.8) is 0 Å². The predicted octanol–water partition coefficient (Wildman–Crippen LogP) is -0.900. The van der Waals surface area contributed by atoms with Gasteiger partial charge in [-0.25, -0.2) is 4.68 Å². The first-order chi connectivity index (χ1) is 13.0. The van der Waals surface area contributed by atoms with Gasteiger partial charge in [0.05, 0.1) is 17.7 Å². The molecule has 3 aliphatic rings. The SMILES string of the molecule is O=C(Cn1cnnn1)N[C@@H]1C[C@H](C(=O)N2CCC3(CCCO3)CC2)C[C@H]1O. The lowest BCUT2D eigenvalue weighted by Gasteiger charge is -2.39. The summed E-state index contributed by atoms with van der Waals surface area (Å²) in [4.78, 5) is 26.9. The third kappa shape index (κ3) is 3.96. The fourth-order valence-electron chi connectivity index (χ4n) is 4.57. The standard InChI is InChI=1S/C17H26N6O4/c24-14-9-12(8-13(14)19-15(25)10-23-11-18-20-21-23)16(26)22-5-3-17(4-6-22)2-1-7-27-17/h11-14,24H,1-10H2,(H,19,25)/t12-,13+,14+/m0/s1. The summed E-state index contributed by atoms with van der Waals surface area (Å²) in [5.74, 6) is -0.450. The van der Waals surface area contributed by atoms with E-state index in [1.54, 1.807) is 0 Å². The second kappa shape index (κ2) is 7.51. The summed E-state index contributed by atoms with van der Waals surface area (Å²) in [7, 11) is 0. The molecule has 3 fully saturated rings. The van der Waals surface area contributed by atoms with E-state index in [0.29, 0.717) is 25.9 Å². The summed E-state index contributed by atoms with van der Waals surface area (Å²) in [6, 6.07) is -0.419. The third-order valence-electron chi connectivity index (χ3n) is 6.09. The normalized spacial score (nSPS) is 30.0. The van der Waals surface area contributed by atoms with Crippen molar-refractivity contribution in [1.82, 2.24) is 30.4 Å². The maximum atomic E-state index is 12.9. The summed E-state index contributed by atoms with van der Waals surface area (Å²) >= 11 is 0. The molecule has 1 saturated carbocycles. The molecule has 0 bridgehead atoms. The monoisotopic (exact) mass is 378 g/mol. The van der Waals surface area contributed by atoms with Gasteiger partial charge in [0.1, 0.15) is 12.9 Å². The molecule has 0 unspecified atom stereocenters. The van der Waals surface area contributed by atoms with Crippen molar-refractivity contribution in [3.8, 4) is 0 Å². The van der Waals surface area contributed by atoms with Crippen LogP contribution in [0.3, 0.4) is 0 Å². The van der Waals surface area contributed by atoms with Crippen LogP contribution >= 0.6 is 0 Å². The largest absolute Gasteiger partial charge is 0.391 e. The van der Waals surface area contributed by atoms with E-state index in [-0.39, 0.29) is 29.9 Å². The molecule has 2 amide bonds. The highest BCUT2D eigenvalue weighted by Gasteiger charge is 2.43. The molecule has 10 nitrogen and oxygen atoms in total. The fraction of sp³-hybridized carbons (Fsp3) is 0.824. The maximum Gasteiger partial charge on any atom is 0.242 e. The van der Waals surface area contributed by atoms with E-state index in [9.17, 15) is 14.7 Å². The highest BCUT2D eigenvalue weighted by atomic mass is 16.5. The number of amides is 2. The Labute approximate surface area is 157 Å². The van der Waals surface area contributed by atoms with Gasteiger partial charge in [-0.05, 0) is 49.0 Å². The summed E-state index contributed by atoms with van der Waals surface area (Å²) in [5, 5.41) is 23.7. The lowest BCUT2D eigenvalue weighted by atomic mass is 9.88. The van der Waals surface area contributed by atoms with E-state index < -0.39 is 12.1 Å². The molecule has 1 aromatic rings. The average molecular weight is 378 g/mol. The number of ether oxygens (including phenoxy) is 1. The zero-order chi connectivity index (χ0) is 18.9. The van der Waals surface area contributed by atoms with E-state index >= 15 is 0 Å². The number of aliphatic hydroxyl groups is 1. The molecule has 2 N–H and O–H groups in total. The van der Waals surface area contributed by atoms with Crippen LogP contribution in [-0.4, -0.2) is 79.5 Å². The lowest BCUT2D eigenvalue weighted by Crippen LogP contribution is -2.48. The molecule has 3 atom stereocenters. The van der Waals surface area contributed by atoms with Gasteiger partial charge in [0.2, 0.25) is 11.8 Å². The van der Waals surface area contributed by atoms with Gasteiger partial charge in [0.15, 0.2) is 0 Å². The minimum atomic E-state index is -0.717. The molecule has 3 heterocycles. The Balaban J connectivity index is 1.27. The Morgan fingerprint density at radius 3 is 2.74 bits per heavy atom. The van der Waals surface area contributed by atoms with E-state index in [4.69, 9.17) is 4.74 Å². The number of rotatable bonds is 4. The molecule has 1 aromatic heterocycles. The number of carbonyl (C=O) groups excluding carboxylic acids is 2. The average Bonchev–Trinajstić information content (AvgIpc) is 3.39. The van der Waals surface area contributed by atoms with Crippen molar-refractivity contribution in [2.24, 2.45) is 5.92 Å². The molecule has 148 valence electrons. The number of tetrazole rings is 1. The van der Waals surface area contributed by atoms with Gasteiger partial charge in [-0.3, -0.25) is 9.59 Å². The van der Waals surface area contributed by atoms with Gasteiger partial charge >= 0.3 is 0 Å². The number of aliphatic hydroxyl groups excluding tert-OH is 1. The number of piperidine rings is 1. The zero-order valence-electron chi connectivity index (χ0n) is 15.3. The second-order valence-corrected chi connectivity index (χ2v) is 7.88. The Morgan fingerprint density at radius 2 is 2.07 bits per heavy atom. The molecule has 0 radical (unpaired) electrons. The number of carbonyl (C=O) groups is 2. The highest BCUT2D eigenvalue weighted by molar-refractivity contribution is 5.80. The summed E-state index contributed by atoms with van der Waals surface area (Å²) in [5.41, 5.74) is -0.0152. The first-order valence-corrected chi connectivity index (χ1v) is 9.66. The van der Waals surface area contributed by atoms with Crippen LogP contribution in [0.25, 0.3) is 0 Å². The van der Waals surface area contributed by atoms with Gasteiger partial charge in [-0.15, -0.1) is 5.10 Å². The third-order valence-corrected chi connectivity index (χ3v) is 6.09. The fourth-order valence-corrected chi connectivity index (χ4v) is 4.57. The summed E-state index contributed by atoms with van der Waals surface area (Å²) in [6.45, 7) is 2.24. The van der Waals surface area contributed by atoms with Crippen LogP contribution in [0.1, 0.15) is 38.5 Å². The van der Waals surface area contributed by atoms with Gasteiger partial charge in [0, 0.05) is 25.6 Å². The molecule has 27 heavy (non-hydrogen) atoms.